The van der Waals surface area contributed by atoms with E-state index in [1.165, 1.54) is 37.5 Å². The Balaban J connectivity index is 0.000000902. The van der Waals surface area contributed by atoms with Gasteiger partial charge in [-0.2, -0.15) is 0 Å². The summed E-state index contributed by atoms with van der Waals surface area (Å²) in [5, 5.41) is 8.72. The number of aromatic nitrogens is 3. The summed E-state index contributed by atoms with van der Waals surface area (Å²) >= 11 is 0. The summed E-state index contributed by atoms with van der Waals surface area (Å²) in [4.78, 5) is 2.46. The average Bonchev–Trinajstić information content (AvgIpc) is 2.91. The van der Waals surface area contributed by atoms with Gasteiger partial charge in [-0.15, -0.1) is 35.0 Å². The fraction of sp³-hybridized carbons (Fsp3) is 0.833. The Kier molecular flexibility index (Phi) is 6.53. The van der Waals surface area contributed by atoms with Crippen molar-refractivity contribution in [1.82, 2.24) is 19.7 Å². The minimum atomic E-state index is 0. The molecule has 0 saturated carbocycles. The maximum Gasteiger partial charge on any atom is 0.137 e. The number of likely N-dealkylation sites (tertiary alicyclic amines) is 1. The number of hydrogen-bond acceptors (Lipinski definition) is 4. The van der Waals surface area contributed by atoms with Crippen molar-refractivity contribution >= 4 is 24.8 Å². The number of hydrogen-bond donors (Lipinski definition) is 1. The highest BCUT2D eigenvalue weighted by Gasteiger charge is 2.27. The average molecular weight is 308 g/mol. The molecule has 0 amide bonds. The van der Waals surface area contributed by atoms with Crippen LogP contribution < -0.4 is 5.73 Å². The summed E-state index contributed by atoms with van der Waals surface area (Å²) in [5.74, 6) is 2.98. The van der Waals surface area contributed by atoms with Gasteiger partial charge in [0.15, 0.2) is 0 Å². The van der Waals surface area contributed by atoms with Crippen LogP contribution in [0.3, 0.4) is 0 Å². The number of aryl methyl sites for hydroxylation is 1. The van der Waals surface area contributed by atoms with Crippen LogP contribution in [-0.2, 0) is 13.0 Å². The van der Waals surface area contributed by atoms with Gasteiger partial charge in [0.2, 0.25) is 0 Å². The predicted octanol–water partition coefficient (Wildman–Crippen LogP) is 1.21. The molecule has 1 aromatic rings. The summed E-state index contributed by atoms with van der Waals surface area (Å²) in [6.07, 6.45) is 4.84. The van der Waals surface area contributed by atoms with E-state index in [0.717, 1.165) is 32.6 Å². The van der Waals surface area contributed by atoms with Crippen LogP contribution >= 0.6 is 24.8 Å². The second-order valence-electron chi connectivity index (χ2n) is 5.16. The molecular weight excluding hydrogens is 285 g/mol. The Labute approximate surface area is 126 Å². The van der Waals surface area contributed by atoms with E-state index in [-0.39, 0.29) is 24.8 Å². The summed E-state index contributed by atoms with van der Waals surface area (Å²) in [7, 11) is 0. The Morgan fingerprint density at radius 3 is 2.79 bits per heavy atom. The van der Waals surface area contributed by atoms with E-state index in [9.17, 15) is 0 Å². The van der Waals surface area contributed by atoms with Gasteiger partial charge in [-0.1, -0.05) is 0 Å². The van der Waals surface area contributed by atoms with Crippen molar-refractivity contribution in [1.29, 1.82) is 0 Å². The minimum absolute atomic E-state index is 0. The first kappa shape index (κ1) is 16.7. The molecule has 0 radical (unpaired) electrons. The first-order valence-corrected chi connectivity index (χ1v) is 6.73. The Morgan fingerprint density at radius 2 is 2.00 bits per heavy atom. The number of nitrogens with zero attached hydrogens (tertiary/aromatic N) is 4. The molecule has 0 aliphatic carbocycles. The van der Waals surface area contributed by atoms with Crippen LogP contribution in [0.15, 0.2) is 0 Å². The topological polar surface area (TPSA) is 60.0 Å². The number of fused-ring (bicyclic) bond motifs is 1. The summed E-state index contributed by atoms with van der Waals surface area (Å²) in [6.45, 7) is 5.18. The van der Waals surface area contributed by atoms with Crippen molar-refractivity contribution in [3.63, 3.8) is 0 Å². The molecule has 19 heavy (non-hydrogen) atoms. The van der Waals surface area contributed by atoms with Gasteiger partial charge in [0.05, 0.1) is 0 Å². The van der Waals surface area contributed by atoms with Gasteiger partial charge < -0.3 is 15.2 Å². The zero-order valence-corrected chi connectivity index (χ0v) is 12.8. The minimum Gasteiger partial charge on any atom is -0.329 e. The summed E-state index contributed by atoms with van der Waals surface area (Å²) < 4.78 is 2.34. The standard InChI is InChI=1S/C12H21N5.2ClH/c13-5-8-16-6-1-3-10(9-16)12-15-14-11-4-2-7-17(11)12;;/h10H,1-9,13H2;2*1H. The van der Waals surface area contributed by atoms with Gasteiger partial charge in [-0.3, -0.25) is 0 Å². The van der Waals surface area contributed by atoms with Crippen LogP contribution in [0.4, 0.5) is 0 Å². The summed E-state index contributed by atoms with van der Waals surface area (Å²) in [5.41, 5.74) is 5.64. The van der Waals surface area contributed by atoms with Crippen molar-refractivity contribution < 1.29 is 0 Å². The molecule has 0 aromatic carbocycles. The number of halogens is 2. The highest BCUT2D eigenvalue weighted by Crippen LogP contribution is 2.28. The molecule has 1 atom stereocenters. The third-order valence-electron chi connectivity index (χ3n) is 3.95. The fourth-order valence-electron chi connectivity index (χ4n) is 3.13. The van der Waals surface area contributed by atoms with Crippen LogP contribution in [-0.4, -0.2) is 45.8 Å². The third kappa shape index (κ3) is 3.40. The zero-order valence-electron chi connectivity index (χ0n) is 11.1. The lowest BCUT2D eigenvalue weighted by Crippen LogP contribution is -2.38. The van der Waals surface area contributed by atoms with Gasteiger partial charge in [-0.25, -0.2) is 0 Å². The van der Waals surface area contributed by atoms with Crippen molar-refractivity contribution in [3.8, 4) is 0 Å². The smallest absolute Gasteiger partial charge is 0.137 e. The molecule has 7 heteroatoms. The van der Waals surface area contributed by atoms with Crippen LogP contribution in [0.25, 0.3) is 0 Å². The normalized spacial score (nSPS) is 22.5. The number of rotatable bonds is 3. The molecule has 2 aliphatic heterocycles. The zero-order chi connectivity index (χ0) is 11.7. The second-order valence-corrected chi connectivity index (χ2v) is 5.16. The van der Waals surface area contributed by atoms with Crippen molar-refractivity contribution in [2.24, 2.45) is 5.73 Å². The summed E-state index contributed by atoms with van der Waals surface area (Å²) in [6, 6.07) is 0. The molecule has 2 N–H and O–H groups in total. The lowest BCUT2D eigenvalue weighted by atomic mass is 9.97. The largest absolute Gasteiger partial charge is 0.329 e. The Hall–Kier alpha value is -0.360. The van der Waals surface area contributed by atoms with E-state index in [0.29, 0.717) is 5.92 Å². The molecule has 1 fully saturated rings. The van der Waals surface area contributed by atoms with E-state index < -0.39 is 0 Å². The molecule has 0 spiro atoms. The highest BCUT2D eigenvalue weighted by atomic mass is 35.5. The van der Waals surface area contributed by atoms with E-state index in [4.69, 9.17) is 5.73 Å². The van der Waals surface area contributed by atoms with Gasteiger partial charge in [0.1, 0.15) is 11.6 Å². The van der Waals surface area contributed by atoms with Crippen molar-refractivity contribution in [3.05, 3.63) is 11.6 Å². The van der Waals surface area contributed by atoms with Crippen LogP contribution in [0.1, 0.15) is 36.8 Å². The van der Waals surface area contributed by atoms with Gasteiger partial charge >= 0.3 is 0 Å². The number of piperidine rings is 1. The lowest BCUT2D eigenvalue weighted by Gasteiger charge is -2.31. The molecule has 2 aliphatic rings. The van der Waals surface area contributed by atoms with E-state index >= 15 is 0 Å². The van der Waals surface area contributed by atoms with Crippen LogP contribution in [0, 0.1) is 0 Å². The predicted molar refractivity (Wildman–Crippen MR) is 80.3 cm³/mol. The third-order valence-corrected chi connectivity index (χ3v) is 3.95. The maximum absolute atomic E-state index is 5.64. The lowest BCUT2D eigenvalue weighted by molar-refractivity contribution is 0.207. The monoisotopic (exact) mass is 307 g/mol. The molecular formula is C12H23Cl2N5. The molecule has 1 unspecified atom stereocenters. The first-order valence-electron chi connectivity index (χ1n) is 6.73. The van der Waals surface area contributed by atoms with Crippen molar-refractivity contribution in [2.75, 3.05) is 26.2 Å². The fourth-order valence-corrected chi connectivity index (χ4v) is 3.13. The first-order chi connectivity index (χ1) is 8.38. The highest BCUT2D eigenvalue weighted by molar-refractivity contribution is 5.85. The van der Waals surface area contributed by atoms with Gasteiger partial charge in [0, 0.05) is 38.5 Å². The quantitative estimate of drug-likeness (QED) is 0.912. The van der Waals surface area contributed by atoms with Crippen LogP contribution in [0.2, 0.25) is 0 Å². The SMILES string of the molecule is Cl.Cl.NCCN1CCCC(c2nnc3n2CCC3)C1. The van der Waals surface area contributed by atoms with Crippen LogP contribution in [0.5, 0.6) is 0 Å². The van der Waals surface area contributed by atoms with Crippen molar-refractivity contribution in [2.45, 2.75) is 38.1 Å². The van der Waals surface area contributed by atoms with E-state index in [2.05, 4.69) is 19.7 Å². The molecule has 3 rings (SSSR count). The van der Waals surface area contributed by atoms with Gasteiger partial charge in [-0.05, 0) is 25.8 Å². The molecule has 1 aromatic heterocycles. The molecule has 0 bridgehead atoms. The number of nitrogens with two attached hydrogens (primary N) is 1. The second kappa shape index (κ2) is 7.43. The molecule has 1 saturated heterocycles. The molecule has 5 nitrogen and oxygen atoms in total. The van der Waals surface area contributed by atoms with Gasteiger partial charge in [0.25, 0.3) is 0 Å². The molecule has 3 heterocycles. The maximum atomic E-state index is 5.64. The Morgan fingerprint density at radius 1 is 1.16 bits per heavy atom. The van der Waals surface area contributed by atoms with E-state index in [1.54, 1.807) is 0 Å². The molecule has 110 valence electrons. The van der Waals surface area contributed by atoms with E-state index in [1.807, 2.05) is 0 Å². The Bertz CT molecular complexity index is 393.